The molecule has 0 radical (unpaired) electrons. The zero-order chi connectivity index (χ0) is 18.4. The Labute approximate surface area is 159 Å². The molecule has 3 rings (SSSR count). The molecule has 0 aliphatic carbocycles. The summed E-state index contributed by atoms with van der Waals surface area (Å²) in [5.74, 6) is 0.913. The lowest BCUT2D eigenvalue weighted by molar-refractivity contribution is -0.123. The van der Waals surface area contributed by atoms with Crippen molar-refractivity contribution in [3.8, 4) is 11.5 Å². The van der Waals surface area contributed by atoms with Crippen molar-refractivity contribution in [3.63, 3.8) is 0 Å². The van der Waals surface area contributed by atoms with Gasteiger partial charge < -0.3 is 9.47 Å². The lowest BCUT2D eigenvalue weighted by atomic mass is 10.1. The predicted molar refractivity (Wildman–Crippen MR) is 106 cm³/mol. The maximum atomic E-state index is 11.9. The van der Waals surface area contributed by atoms with Crippen LogP contribution in [0.5, 0.6) is 11.5 Å². The van der Waals surface area contributed by atoms with E-state index < -0.39 is 0 Å². The molecule has 1 N–H and O–H groups in total. The third-order valence-corrected chi connectivity index (χ3v) is 4.33. The van der Waals surface area contributed by atoms with Crippen LogP contribution in [0.15, 0.2) is 70.2 Å². The van der Waals surface area contributed by atoms with Gasteiger partial charge in [-0.15, -0.1) is 0 Å². The molecule has 0 atom stereocenters. The van der Waals surface area contributed by atoms with Crippen molar-refractivity contribution >= 4 is 38.8 Å². The number of nitrogens with zero attached hydrogens (tertiary/aromatic N) is 1. The van der Waals surface area contributed by atoms with Crippen molar-refractivity contribution in [2.75, 3.05) is 13.7 Å². The van der Waals surface area contributed by atoms with Gasteiger partial charge in [0.2, 0.25) is 0 Å². The minimum absolute atomic E-state index is 0.141. The van der Waals surface area contributed by atoms with Crippen LogP contribution in [0.2, 0.25) is 0 Å². The number of hydrogen-bond acceptors (Lipinski definition) is 4. The third kappa shape index (κ3) is 4.40. The zero-order valence-electron chi connectivity index (χ0n) is 14.1. The molecule has 3 aromatic carbocycles. The van der Waals surface area contributed by atoms with E-state index in [1.165, 1.54) is 0 Å². The lowest BCUT2D eigenvalue weighted by Gasteiger charge is -2.08. The minimum Gasteiger partial charge on any atom is -0.497 e. The summed E-state index contributed by atoms with van der Waals surface area (Å²) in [5, 5.41) is 6.21. The Morgan fingerprint density at radius 1 is 1.15 bits per heavy atom. The predicted octanol–water partition coefficient (Wildman–Crippen LogP) is 4.14. The Hall–Kier alpha value is -2.86. The van der Waals surface area contributed by atoms with Crippen LogP contribution in [0.4, 0.5) is 0 Å². The first-order valence-corrected chi connectivity index (χ1v) is 8.72. The maximum Gasteiger partial charge on any atom is 0.277 e. The van der Waals surface area contributed by atoms with E-state index in [4.69, 9.17) is 9.47 Å². The van der Waals surface area contributed by atoms with E-state index in [0.29, 0.717) is 16.0 Å². The molecule has 0 bridgehead atoms. The molecule has 5 nitrogen and oxygen atoms in total. The van der Waals surface area contributed by atoms with Crippen LogP contribution in [-0.2, 0) is 4.79 Å². The SMILES string of the molecule is COc1ccc(OCC(=O)N/N=C\c2cccc3ccccc23)c(Br)c1. The molecule has 0 aromatic heterocycles. The molecule has 3 aromatic rings. The van der Waals surface area contributed by atoms with E-state index in [2.05, 4.69) is 26.5 Å². The number of hydrogen-bond donors (Lipinski definition) is 1. The van der Waals surface area contributed by atoms with Crippen LogP contribution in [0.25, 0.3) is 10.8 Å². The molecule has 0 saturated heterocycles. The number of carbonyl (C=O) groups excluding carboxylic acids is 1. The van der Waals surface area contributed by atoms with Crippen LogP contribution in [0.3, 0.4) is 0 Å². The highest BCUT2D eigenvalue weighted by Crippen LogP contribution is 2.28. The smallest absolute Gasteiger partial charge is 0.277 e. The molecule has 132 valence electrons. The summed E-state index contributed by atoms with van der Waals surface area (Å²) in [6, 6.07) is 19.2. The summed E-state index contributed by atoms with van der Waals surface area (Å²) in [6.07, 6.45) is 1.63. The molecule has 6 heteroatoms. The molecule has 0 saturated carbocycles. The van der Waals surface area contributed by atoms with E-state index in [1.807, 2.05) is 42.5 Å². The highest BCUT2D eigenvalue weighted by molar-refractivity contribution is 9.10. The summed E-state index contributed by atoms with van der Waals surface area (Å²) in [5.41, 5.74) is 3.41. The minimum atomic E-state index is -0.343. The van der Waals surface area contributed by atoms with Gasteiger partial charge in [-0.05, 0) is 44.9 Å². The van der Waals surface area contributed by atoms with Gasteiger partial charge in [0.1, 0.15) is 11.5 Å². The van der Waals surface area contributed by atoms with Crippen LogP contribution < -0.4 is 14.9 Å². The number of nitrogens with one attached hydrogen (secondary N) is 1. The van der Waals surface area contributed by atoms with Crippen LogP contribution >= 0.6 is 15.9 Å². The molecule has 26 heavy (non-hydrogen) atoms. The number of ether oxygens (including phenoxy) is 2. The van der Waals surface area contributed by atoms with E-state index in [-0.39, 0.29) is 12.5 Å². The van der Waals surface area contributed by atoms with Gasteiger partial charge in [-0.3, -0.25) is 4.79 Å². The number of rotatable bonds is 6. The van der Waals surface area contributed by atoms with E-state index in [0.717, 1.165) is 16.3 Å². The van der Waals surface area contributed by atoms with Gasteiger partial charge in [0.15, 0.2) is 6.61 Å². The second-order valence-corrected chi connectivity index (χ2v) is 6.30. The highest BCUT2D eigenvalue weighted by atomic mass is 79.9. The molecule has 0 aliphatic rings. The van der Waals surface area contributed by atoms with Gasteiger partial charge in [0.25, 0.3) is 5.91 Å². The molecule has 0 fully saturated rings. The second-order valence-electron chi connectivity index (χ2n) is 5.45. The summed E-state index contributed by atoms with van der Waals surface area (Å²) in [7, 11) is 1.59. The first kappa shape index (κ1) is 17.9. The molecular formula is C20H17BrN2O3. The molecule has 0 heterocycles. The number of fused-ring (bicyclic) bond motifs is 1. The number of methoxy groups -OCH3 is 1. The van der Waals surface area contributed by atoms with Gasteiger partial charge >= 0.3 is 0 Å². The third-order valence-electron chi connectivity index (χ3n) is 3.71. The van der Waals surface area contributed by atoms with Crippen molar-refractivity contribution in [1.29, 1.82) is 0 Å². The van der Waals surface area contributed by atoms with E-state index >= 15 is 0 Å². The van der Waals surface area contributed by atoms with Crippen molar-refractivity contribution in [1.82, 2.24) is 5.43 Å². The topological polar surface area (TPSA) is 59.9 Å². The fourth-order valence-electron chi connectivity index (χ4n) is 2.44. The number of halogens is 1. The van der Waals surface area contributed by atoms with E-state index in [9.17, 15) is 4.79 Å². The van der Waals surface area contributed by atoms with E-state index in [1.54, 1.807) is 31.5 Å². The monoisotopic (exact) mass is 412 g/mol. The van der Waals surface area contributed by atoms with Crippen LogP contribution in [0, 0.1) is 0 Å². The van der Waals surface area contributed by atoms with Crippen molar-refractivity contribution in [2.45, 2.75) is 0 Å². The first-order valence-electron chi connectivity index (χ1n) is 7.93. The molecule has 0 spiro atoms. The maximum absolute atomic E-state index is 11.9. The van der Waals surface area contributed by atoms with Gasteiger partial charge in [0.05, 0.1) is 17.8 Å². The van der Waals surface area contributed by atoms with Gasteiger partial charge in [-0.2, -0.15) is 5.10 Å². The normalized spacial score (nSPS) is 10.8. The van der Waals surface area contributed by atoms with Crippen molar-refractivity contribution < 1.29 is 14.3 Å². The summed E-state index contributed by atoms with van der Waals surface area (Å²) in [4.78, 5) is 11.9. The molecule has 0 unspecified atom stereocenters. The van der Waals surface area contributed by atoms with Gasteiger partial charge in [-0.1, -0.05) is 42.5 Å². The number of carbonyl (C=O) groups is 1. The summed E-state index contributed by atoms with van der Waals surface area (Å²) < 4.78 is 11.3. The number of benzene rings is 3. The standard InChI is InChI=1S/C20H17BrN2O3/c1-25-16-9-10-19(18(21)11-16)26-13-20(24)23-22-12-15-7-4-6-14-5-2-3-8-17(14)15/h2-12H,13H2,1H3,(H,23,24)/b22-12-. The molecule has 0 aliphatic heterocycles. The Kier molecular flexibility index (Phi) is 5.86. The fourth-order valence-corrected chi connectivity index (χ4v) is 2.91. The van der Waals surface area contributed by atoms with Crippen LogP contribution in [0.1, 0.15) is 5.56 Å². The average molecular weight is 413 g/mol. The largest absolute Gasteiger partial charge is 0.497 e. The van der Waals surface area contributed by atoms with Crippen molar-refractivity contribution in [2.24, 2.45) is 5.10 Å². The fraction of sp³-hybridized carbons (Fsp3) is 0.100. The molecule has 1 amide bonds. The van der Waals surface area contributed by atoms with Gasteiger partial charge in [-0.25, -0.2) is 5.43 Å². The zero-order valence-corrected chi connectivity index (χ0v) is 15.7. The Morgan fingerprint density at radius 2 is 1.96 bits per heavy atom. The lowest BCUT2D eigenvalue weighted by Crippen LogP contribution is -2.24. The number of amides is 1. The van der Waals surface area contributed by atoms with Crippen molar-refractivity contribution in [3.05, 3.63) is 70.7 Å². The average Bonchev–Trinajstić information content (AvgIpc) is 2.67. The van der Waals surface area contributed by atoms with Gasteiger partial charge in [0, 0.05) is 5.56 Å². The first-order chi connectivity index (χ1) is 12.7. The summed E-state index contributed by atoms with van der Waals surface area (Å²) >= 11 is 3.38. The quantitative estimate of drug-likeness (QED) is 0.488. The summed E-state index contributed by atoms with van der Waals surface area (Å²) in [6.45, 7) is -0.141. The Balaban J connectivity index is 1.58. The molecular weight excluding hydrogens is 396 g/mol. The Bertz CT molecular complexity index is 951. The highest BCUT2D eigenvalue weighted by Gasteiger charge is 2.06. The van der Waals surface area contributed by atoms with Crippen LogP contribution in [-0.4, -0.2) is 25.8 Å². The number of hydrazone groups is 1. The Morgan fingerprint density at radius 3 is 2.77 bits per heavy atom. The second kappa shape index (κ2) is 8.49.